The Labute approximate surface area is 205 Å². The van der Waals surface area contributed by atoms with E-state index in [4.69, 9.17) is 9.72 Å². The highest BCUT2D eigenvalue weighted by Crippen LogP contribution is 2.38. The van der Waals surface area contributed by atoms with Crippen LogP contribution in [0.25, 0.3) is 11.0 Å². The minimum absolute atomic E-state index is 0.300. The Morgan fingerprint density at radius 3 is 2.54 bits per heavy atom. The van der Waals surface area contributed by atoms with Gasteiger partial charge in [-0.2, -0.15) is 0 Å². The first kappa shape index (κ1) is 23.4. The second-order valence-corrected chi connectivity index (χ2v) is 10.1. The molecule has 1 fully saturated rings. The molecule has 0 bridgehead atoms. The number of fused-ring (bicyclic) bond motifs is 3. The average molecular weight is 476 g/mol. The van der Waals surface area contributed by atoms with Gasteiger partial charge in [0.1, 0.15) is 11.2 Å². The summed E-state index contributed by atoms with van der Waals surface area (Å²) in [4.78, 5) is 31.8. The number of nitrogens with zero attached hydrogens (tertiary/aromatic N) is 3. The fourth-order valence-corrected chi connectivity index (χ4v) is 5.77. The van der Waals surface area contributed by atoms with Crippen molar-refractivity contribution >= 4 is 23.1 Å². The Hall–Kier alpha value is -3.35. The summed E-state index contributed by atoms with van der Waals surface area (Å²) < 4.78 is 7.13. The van der Waals surface area contributed by atoms with Gasteiger partial charge in [0.05, 0.1) is 24.7 Å². The van der Waals surface area contributed by atoms with Crippen LogP contribution in [0.3, 0.4) is 0 Å². The summed E-state index contributed by atoms with van der Waals surface area (Å²) in [6, 6.07) is 13.7. The summed E-state index contributed by atoms with van der Waals surface area (Å²) in [5.74, 6) is 0.433. The molecule has 0 radical (unpaired) electrons. The molecular weight excluding hydrogens is 442 g/mol. The van der Waals surface area contributed by atoms with Gasteiger partial charge in [-0.3, -0.25) is 4.79 Å². The summed E-state index contributed by atoms with van der Waals surface area (Å²) in [6.45, 7) is 3.18. The molecule has 7 nitrogen and oxygen atoms in total. The molecule has 1 aromatic heterocycles. The third-order valence-corrected chi connectivity index (χ3v) is 7.91. The van der Waals surface area contributed by atoms with Crippen LogP contribution in [0.5, 0.6) is 0 Å². The number of amides is 1. The third-order valence-electron chi connectivity index (χ3n) is 7.91. The van der Waals surface area contributed by atoms with Crippen LogP contribution >= 0.6 is 0 Å². The van der Waals surface area contributed by atoms with Crippen LogP contribution in [0, 0.1) is 0 Å². The lowest BCUT2D eigenvalue weighted by Gasteiger charge is -2.29. The molecule has 1 amide bonds. The first-order chi connectivity index (χ1) is 16.9. The lowest BCUT2D eigenvalue weighted by Crippen LogP contribution is -2.37. The monoisotopic (exact) mass is 475 g/mol. The SMILES string of the molecule is COC(=O)N1CCc2ccc3c(nc(C4CCCCC4)n3CC(C)(C(=O)O)c3ccccc3)c2C1. The molecule has 0 saturated heterocycles. The van der Waals surface area contributed by atoms with Crippen molar-refractivity contribution < 1.29 is 19.4 Å². The second kappa shape index (κ2) is 9.36. The van der Waals surface area contributed by atoms with Crippen LogP contribution < -0.4 is 0 Å². The van der Waals surface area contributed by atoms with Crippen LogP contribution in [0.4, 0.5) is 4.79 Å². The summed E-state index contributed by atoms with van der Waals surface area (Å²) in [5.41, 5.74) is 3.75. The summed E-state index contributed by atoms with van der Waals surface area (Å²) in [7, 11) is 1.41. The molecule has 2 aliphatic rings. The predicted octanol–water partition coefficient (Wildman–Crippen LogP) is 5.25. The van der Waals surface area contributed by atoms with E-state index >= 15 is 0 Å². The molecule has 2 heterocycles. The van der Waals surface area contributed by atoms with Gasteiger partial charge >= 0.3 is 12.1 Å². The molecule has 1 aliphatic heterocycles. The number of imidazole rings is 1. The highest BCUT2D eigenvalue weighted by Gasteiger charge is 2.38. The Kier molecular flexibility index (Phi) is 6.26. The average Bonchev–Trinajstić information content (AvgIpc) is 3.27. The number of carbonyl (C=O) groups is 2. The van der Waals surface area contributed by atoms with Gasteiger partial charge in [0.15, 0.2) is 0 Å². The van der Waals surface area contributed by atoms with Gasteiger partial charge in [-0.25, -0.2) is 9.78 Å². The number of aliphatic carboxylic acids is 1. The number of carboxylic acids is 1. The molecule has 1 atom stereocenters. The standard InChI is InChI=1S/C28H33N3O4/c1-28(26(32)33,21-11-7-4-8-12-21)18-31-23-14-13-19-15-16-30(27(34)35-2)17-22(19)24(23)29-25(31)20-9-5-3-6-10-20/h4,7-8,11-14,20H,3,5-6,9-10,15-18H2,1-2H3,(H,32,33). The molecule has 5 rings (SSSR count). The van der Waals surface area contributed by atoms with Crippen molar-refractivity contribution in [1.29, 1.82) is 0 Å². The number of carboxylic acid groups (broad SMARTS) is 1. The minimum Gasteiger partial charge on any atom is -0.481 e. The first-order valence-corrected chi connectivity index (χ1v) is 12.5. The number of hydrogen-bond donors (Lipinski definition) is 1. The van der Waals surface area contributed by atoms with Crippen molar-refractivity contribution in [2.45, 2.75) is 69.9 Å². The van der Waals surface area contributed by atoms with Crippen molar-refractivity contribution in [1.82, 2.24) is 14.5 Å². The van der Waals surface area contributed by atoms with Crippen molar-refractivity contribution in [2.75, 3.05) is 13.7 Å². The fourth-order valence-electron chi connectivity index (χ4n) is 5.77. The number of rotatable bonds is 5. The summed E-state index contributed by atoms with van der Waals surface area (Å²) in [6.07, 6.45) is 6.11. The van der Waals surface area contributed by atoms with Crippen LogP contribution in [0.1, 0.15) is 67.5 Å². The molecule has 35 heavy (non-hydrogen) atoms. The van der Waals surface area contributed by atoms with Crippen LogP contribution in [-0.4, -0.2) is 45.3 Å². The molecule has 1 unspecified atom stereocenters. The number of benzene rings is 2. The largest absolute Gasteiger partial charge is 0.481 e. The third kappa shape index (κ3) is 4.17. The van der Waals surface area contributed by atoms with Crippen LogP contribution in [-0.2, 0) is 34.5 Å². The number of methoxy groups -OCH3 is 1. The number of carbonyl (C=O) groups excluding carboxylic acids is 1. The zero-order valence-corrected chi connectivity index (χ0v) is 20.5. The predicted molar refractivity (Wildman–Crippen MR) is 134 cm³/mol. The van der Waals surface area contributed by atoms with Crippen molar-refractivity contribution in [3.05, 3.63) is 65.0 Å². The smallest absolute Gasteiger partial charge is 0.409 e. The zero-order chi connectivity index (χ0) is 24.6. The van der Waals surface area contributed by atoms with E-state index in [1.54, 1.807) is 11.8 Å². The van der Waals surface area contributed by atoms with Crippen molar-refractivity contribution in [2.24, 2.45) is 0 Å². The molecule has 3 aromatic rings. The van der Waals surface area contributed by atoms with E-state index in [0.29, 0.717) is 25.6 Å². The molecule has 2 aromatic carbocycles. The van der Waals surface area contributed by atoms with E-state index in [0.717, 1.165) is 60.1 Å². The normalized spacial score (nSPS) is 18.2. The van der Waals surface area contributed by atoms with Gasteiger partial charge in [-0.1, -0.05) is 55.7 Å². The number of ether oxygens (including phenoxy) is 1. The molecule has 184 valence electrons. The fraction of sp³-hybridized carbons (Fsp3) is 0.464. The van der Waals surface area contributed by atoms with E-state index in [2.05, 4.69) is 16.7 Å². The van der Waals surface area contributed by atoms with Gasteiger partial charge in [0.2, 0.25) is 0 Å². The molecule has 1 aliphatic carbocycles. The number of hydrogen-bond acceptors (Lipinski definition) is 4. The lowest BCUT2D eigenvalue weighted by atomic mass is 9.82. The van der Waals surface area contributed by atoms with E-state index in [1.807, 2.05) is 30.3 Å². The Balaban J connectivity index is 1.66. The molecule has 0 spiro atoms. The maximum Gasteiger partial charge on any atom is 0.409 e. The highest BCUT2D eigenvalue weighted by molar-refractivity contribution is 5.84. The number of aromatic nitrogens is 2. The van der Waals surface area contributed by atoms with Gasteiger partial charge < -0.3 is 19.3 Å². The lowest BCUT2D eigenvalue weighted by molar-refractivity contribution is -0.143. The van der Waals surface area contributed by atoms with E-state index in [1.165, 1.54) is 19.1 Å². The zero-order valence-electron chi connectivity index (χ0n) is 20.5. The van der Waals surface area contributed by atoms with Gasteiger partial charge in [-0.05, 0) is 43.4 Å². The van der Waals surface area contributed by atoms with Crippen molar-refractivity contribution in [3.8, 4) is 0 Å². The van der Waals surface area contributed by atoms with Gasteiger partial charge in [0, 0.05) is 24.6 Å². The molecule has 1 N–H and O–H groups in total. The summed E-state index contributed by atoms with van der Waals surface area (Å²) in [5, 5.41) is 10.4. The van der Waals surface area contributed by atoms with E-state index in [9.17, 15) is 14.7 Å². The molecular formula is C28H33N3O4. The Bertz CT molecular complexity index is 1250. The maximum absolute atomic E-state index is 12.7. The van der Waals surface area contributed by atoms with E-state index < -0.39 is 11.4 Å². The molecule has 7 heteroatoms. The summed E-state index contributed by atoms with van der Waals surface area (Å²) >= 11 is 0. The highest BCUT2D eigenvalue weighted by atomic mass is 16.5. The minimum atomic E-state index is -1.10. The maximum atomic E-state index is 12.7. The van der Waals surface area contributed by atoms with Crippen LogP contribution in [0.15, 0.2) is 42.5 Å². The van der Waals surface area contributed by atoms with Gasteiger partial charge in [-0.15, -0.1) is 0 Å². The van der Waals surface area contributed by atoms with Gasteiger partial charge in [0.25, 0.3) is 0 Å². The topological polar surface area (TPSA) is 84.7 Å². The molecule has 1 saturated carbocycles. The van der Waals surface area contributed by atoms with Crippen molar-refractivity contribution in [3.63, 3.8) is 0 Å². The Morgan fingerprint density at radius 2 is 1.86 bits per heavy atom. The Morgan fingerprint density at radius 1 is 1.11 bits per heavy atom. The van der Waals surface area contributed by atoms with E-state index in [-0.39, 0.29) is 6.09 Å². The van der Waals surface area contributed by atoms with Crippen LogP contribution in [0.2, 0.25) is 0 Å². The second-order valence-electron chi connectivity index (χ2n) is 10.1. The quantitative estimate of drug-likeness (QED) is 0.545. The first-order valence-electron chi connectivity index (χ1n) is 12.5.